The summed E-state index contributed by atoms with van der Waals surface area (Å²) in [5.74, 6) is -2.42. The maximum atomic E-state index is 11.8. The van der Waals surface area contributed by atoms with E-state index in [2.05, 4.69) is 0 Å². The van der Waals surface area contributed by atoms with Crippen LogP contribution in [0, 0.1) is 5.41 Å². The van der Waals surface area contributed by atoms with Gasteiger partial charge in [0, 0.05) is 0 Å². The second-order valence-electron chi connectivity index (χ2n) is 3.31. The van der Waals surface area contributed by atoms with E-state index < -0.39 is 23.1 Å². The van der Waals surface area contributed by atoms with Crippen molar-refractivity contribution in [1.29, 1.82) is 0 Å². The van der Waals surface area contributed by atoms with Gasteiger partial charge in [0.15, 0.2) is 5.78 Å². The van der Waals surface area contributed by atoms with Crippen molar-refractivity contribution >= 4 is 17.7 Å². The van der Waals surface area contributed by atoms with Crippen molar-refractivity contribution in [2.45, 2.75) is 27.7 Å². The third-order valence-corrected chi connectivity index (χ3v) is 2.17. The fourth-order valence-corrected chi connectivity index (χ4v) is 1.36. The monoisotopic (exact) mass is 242 g/mol. The Morgan fingerprint density at radius 3 is 1.71 bits per heavy atom. The molecule has 0 aliphatic carbocycles. The first-order chi connectivity index (χ1) is 7.97. The molecule has 0 heterocycles. The zero-order valence-corrected chi connectivity index (χ0v) is 10.6. The molecule has 0 saturated heterocycles. The van der Waals surface area contributed by atoms with Gasteiger partial charge in [0.2, 0.25) is 5.41 Å². The summed E-state index contributed by atoms with van der Waals surface area (Å²) < 4.78 is 9.55. The Hall–Kier alpha value is -1.65. The lowest BCUT2D eigenvalue weighted by Gasteiger charge is -2.23. The molecule has 0 unspecified atom stereocenters. The first-order valence-corrected chi connectivity index (χ1v) is 5.46. The van der Waals surface area contributed by atoms with Crippen LogP contribution in [-0.4, -0.2) is 30.9 Å². The van der Waals surface area contributed by atoms with Gasteiger partial charge in [-0.15, -0.1) is 0 Å². The number of esters is 2. The molecule has 0 amide bonds. The minimum absolute atomic E-state index is 0.0881. The van der Waals surface area contributed by atoms with Crippen LogP contribution in [0.1, 0.15) is 27.7 Å². The largest absolute Gasteiger partial charge is 0.465 e. The molecule has 0 spiro atoms. The predicted molar refractivity (Wildman–Crippen MR) is 61.2 cm³/mol. The molecule has 0 fully saturated rings. The smallest absolute Gasteiger partial charge is 0.335 e. The van der Waals surface area contributed by atoms with Gasteiger partial charge in [0.25, 0.3) is 0 Å². The molecule has 17 heavy (non-hydrogen) atoms. The number of carbonyl (C=O) groups is 3. The number of ether oxygens (including phenoxy) is 2. The lowest BCUT2D eigenvalue weighted by molar-refractivity contribution is -0.170. The van der Waals surface area contributed by atoms with Gasteiger partial charge in [-0.1, -0.05) is 12.2 Å². The molecule has 0 bridgehead atoms. The number of hydrogen-bond donors (Lipinski definition) is 0. The maximum Gasteiger partial charge on any atom is 0.335 e. The molecule has 5 nitrogen and oxygen atoms in total. The number of carbonyl (C=O) groups excluding carboxylic acids is 3. The highest BCUT2D eigenvalue weighted by Crippen LogP contribution is 2.25. The van der Waals surface area contributed by atoms with Crippen LogP contribution in [0.4, 0.5) is 0 Å². The molecule has 0 aromatic rings. The molecular weight excluding hydrogens is 224 g/mol. The molecule has 0 aromatic carbocycles. The zero-order chi connectivity index (χ0) is 13.5. The molecule has 0 aliphatic heterocycles. The van der Waals surface area contributed by atoms with E-state index in [1.807, 2.05) is 0 Å². The lowest BCUT2D eigenvalue weighted by Crippen LogP contribution is -2.46. The topological polar surface area (TPSA) is 69.7 Å². The molecule has 0 saturated carbocycles. The van der Waals surface area contributed by atoms with Gasteiger partial charge in [0.05, 0.1) is 13.2 Å². The minimum Gasteiger partial charge on any atom is -0.465 e. The van der Waals surface area contributed by atoms with Gasteiger partial charge in [-0.05, 0) is 27.7 Å². The molecule has 0 N–H and O–H groups in total. The Morgan fingerprint density at radius 2 is 1.47 bits per heavy atom. The number of rotatable bonds is 6. The Bertz CT molecular complexity index is 312. The molecular formula is C12H18O5. The second kappa shape index (κ2) is 6.83. The minimum atomic E-state index is -1.97. The van der Waals surface area contributed by atoms with Gasteiger partial charge in [-0.3, -0.25) is 4.79 Å². The average molecular weight is 242 g/mol. The van der Waals surface area contributed by atoms with Crippen LogP contribution in [0.15, 0.2) is 12.2 Å². The van der Waals surface area contributed by atoms with E-state index in [-0.39, 0.29) is 13.2 Å². The number of Topliss-reactive ketones (excluding diaryl/α,β-unsaturated/α-hetero) is 1. The van der Waals surface area contributed by atoms with E-state index in [0.29, 0.717) is 0 Å². The molecule has 0 rings (SSSR count). The van der Waals surface area contributed by atoms with E-state index >= 15 is 0 Å². The summed E-state index contributed by atoms with van der Waals surface area (Å²) in [5.41, 5.74) is -1.97. The standard InChI is InChI=1S/C12H18O5/c1-5-8-12(9(4)13,10(14)16-6-2)11(15)17-7-3/h5,8H,6-7H2,1-4H3. The SMILES string of the molecule is CC=CC(C(C)=O)(C(=O)OCC)C(=O)OCC. The normalized spacial score (nSPS) is 11.3. The van der Waals surface area contributed by atoms with Crippen molar-refractivity contribution in [3.05, 3.63) is 12.2 Å². The molecule has 0 atom stereocenters. The summed E-state index contributed by atoms with van der Waals surface area (Å²) in [6.07, 6.45) is 2.67. The van der Waals surface area contributed by atoms with Crippen molar-refractivity contribution in [3.63, 3.8) is 0 Å². The van der Waals surface area contributed by atoms with Gasteiger partial charge < -0.3 is 9.47 Å². The molecule has 5 heteroatoms. The molecule has 0 aliphatic rings. The Kier molecular flexibility index (Phi) is 6.17. The third-order valence-electron chi connectivity index (χ3n) is 2.17. The van der Waals surface area contributed by atoms with E-state index in [4.69, 9.17) is 9.47 Å². The highest BCUT2D eigenvalue weighted by Gasteiger charge is 2.51. The fraction of sp³-hybridized carbons (Fsp3) is 0.583. The lowest BCUT2D eigenvalue weighted by atomic mass is 9.83. The highest BCUT2D eigenvalue weighted by atomic mass is 16.6. The third kappa shape index (κ3) is 3.15. The first kappa shape index (κ1) is 15.3. The van der Waals surface area contributed by atoms with Crippen molar-refractivity contribution in [2.24, 2.45) is 5.41 Å². The van der Waals surface area contributed by atoms with E-state index in [1.165, 1.54) is 12.2 Å². The Morgan fingerprint density at radius 1 is 1.06 bits per heavy atom. The highest BCUT2D eigenvalue weighted by molar-refractivity contribution is 6.21. The van der Waals surface area contributed by atoms with Crippen LogP contribution in [0.5, 0.6) is 0 Å². The quantitative estimate of drug-likeness (QED) is 0.398. The van der Waals surface area contributed by atoms with Gasteiger partial charge >= 0.3 is 11.9 Å². The summed E-state index contributed by atoms with van der Waals surface area (Å²) in [4.78, 5) is 35.3. The van der Waals surface area contributed by atoms with Crippen LogP contribution in [0.2, 0.25) is 0 Å². The van der Waals surface area contributed by atoms with Crippen molar-refractivity contribution in [1.82, 2.24) is 0 Å². The van der Waals surface area contributed by atoms with E-state index in [0.717, 1.165) is 6.92 Å². The van der Waals surface area contributed by atoms with Crippen LogP contribution < -0.4 is 0 Å². The predicted octanol–water partition coefficient (Wildman–Crippen LogP) is 1.26. The summed E-state index contributed by atoms with van der Waals surface area (Å²) in [7, 11) is 0. The summed E-state index contributed by atoms with van der Waals surface area (Å²) in [6, 6.07) is 0. The van der Waals surface area contributed by atoms with Crippen LogP contribution in [-0.2, 0) is 23.9 Å². The van der Waals surface area contributed by atoms with Crippen LogP contribution in [0.3, 0.4) is 0 Å². The van der Waals surface area contributed by atoms with E-state index in [9.17, 15) is 14.4 Å². The van der Waals surface area contributed by atoms with Crippen molar-refractivity contribution in [3.8, 4) is 0 Å². The van der Waals surface area contributed by atoms with Crippen molar-refractivity contribution < 1.29 is 23.9 Å². The fourth-order valence-electron chi connectivity index (χ4n) is 1.36. The molecule has 96 valence electrons. The van der Waals surface area contributed by atoms with E-state index in [1.54, 1.807) is 20.8 Å². The zero-order valence-electron chi connectivity index (χ0n) is 10.6. The molecule has 0 aromatic heterocycles. The van der Waals surface area contributed by atoms with Crippen LogP contribution >= 0.6 is 0 Å². The van der Waals surface area contributed by atoms with Crippen LogP contribution in [0.25, 0.3) is 0 Å². The van der Waals surface area contributed by atoms with Crippen molar-refractivity contribution in [2.75, 3.05) is 13.2 Å². The molecule has 0 radical (unpaired) electrons. The Labute approximate surface area is 101 Å². The van der Waals surface area contributed by atoms with Gasteiger partial charge in [0.1, 0.15) is 0 Å². The van der Waals surface area contributed by atoms with Gasteiger partial charge in [-0.25, -0.2) is 9.59 Å². The van der Waals surface area contributed by atoms with Gasteiger partial charge in [-0.2, -0.15) is 0 Å². The first-order valence-electron chi connectivity index (χ1n) is 5.46. The Balaban J connectivity index is 5.50. The average Bonchev–Trinajstić information content (AvgIpc) is 2.25. The summed E-state index contributed by atoms with van der Waals surface area (Å²) >= 11 is 0. The number of allylic oxidation sites excluding steroid dienone is 1. The number of hydrogen-bond acceptors (Lipinski definition) is 5. The summed E-state index contributed by atoms with van der Waals surface area (Å²) in [6.45, 7) is 6.15. The number of ketones is 1. The maximum absolute atomic E-state index is 11.8. The second-order valence-corrected chi connectivity index (χ2v) is 3.31. The summed E-state index contributed by atoms with van der Waals surface area (Å²) in [5, 5.41) is 0.